The molecule has 1 amide bonds. The fourth-order valence-corrected chi connectivity index (χ4v) is 3.24. The molecule has 1 aliphatic rings. The van der Waals surface area contributed by atoms with E-state index < -0.39 is 17.5 Å². The van der Waals surface area contributed by atoms with Crippen LogP contribution in [0.4, 0.5) is 8.78 Å². The Kier molecular flexibility index (Phi) is 4.61. The van der Waals surface area contributed by atoms with Gasteiger partial charge in [-0.2, -0.15) is 0 Å². The van der Waals surface area contributed by atoms with Crippen molar-refractivity contribution in [3.05, 3.63) is 58.7 Å². The van der Waals surface area contributed by atoms with E-state index >= 15 is 0 Å². The highest BCUT2D eigenvalue weighted by molar-refractivity contribution is 5.95. The Bertz CT molecular complexity index is 823. The number of rotatable bonds is 3. The maximum absolute atomic E-state index is 14.0. The van der Waals surface area contributed by atoms with Gasteiger partial charge in [0, 0.05) is 12.6 Å². The summed E-state index contributed by atoms with van der Waals surface area (Å²) in [6, 6.07) is 6.49. The molecule has 6 heteroatoms. The van der Waals surface area contributed by atoms with Crippen LogP contribution in [0.3, 0.4) is 0 Å². The van der Waals surface area contributed by atoms with Gasteiger partial charge in [-0.15, -0.1) is 0 Å². The molecule has 0 bridgehead atoms. The van der Waals surface area contributed by atoms with Crippen molar-refractivity contribution in [2.75, 3.05) is 20.8 Å². The molecule has 1 atom stereocenters. The van der Waals surface area contributed by atoms with Crippen molar-refractivity contribution in [2.45, 2.75) is 19.4 Å². The van der Waals surface area contributed by atoms with Gasteiger partial charge >= 0.3 is 0 Å². The minimum atomic E-state index is -0.852. The zero-order valence-electron chi connectivity index (χ0n) is 14.3. The number of hydrogen-bond acceptors (Lipinski definition) is 3. The van der Waals surface area contributed by atoms with Gasteiger partial charge in [0.2, 0.25) is 0 Å². The summed E-state index contributed by atoms with van der Waals surface area (Å²) in [6.07, 6.45) is 0.620. The Balaban J connectivity index is 1.95. The molecular weight excluding hydrogens is 328 g/mol. The molecule has 0 radical (unpaired) electrons. The lowest BCUT2D eigenvalue weighted by molar-refractivity contribution is 0.0672. The number of ether oxygens (including phenoxy) is 2. The Morgan fingerprint density at radius 2 is 1.80 bits per heavy atom. The first-order valence-corrected chi connectivity index (χ1v) is 7.97. The summed E-state index contributed by atoms with van der Waals surface area (Å²) >= 11 is 0. The highest BCUT2D eigenvalue weighted by Gasteiger charge is 2.30. The second kappa shape index (κ2) is 6.70. The first-order chi connectivity index (χ1) is 12.0. The molecule has 25 heavy (non-hydrogen) atoms. The van der Waals surface area contributed by atoms with Crippen molar-refractivity contribution in [1.82, 2.24) is 4.90 Å². The normalized spacial score (nSPS) is 16.4. The van der Waals surface area contributed by atoms with Crippen LogP contribution in [-0.2, 0) is 6.42 Å². The van der Waals surface area contributed by atoms with Crippen molar-refractivity contribution in [3.63, 3.8) is 0 Å². The van der Waals surface area contributed by atoms with E-state index in [-0.39, 0.29) is 11.6 Å². The third-order valence-corrected chi connectivity index (χ3v) is 4.61. The molecule has 1 aliphatic heterocycles. The van der Waals surface area contributed by atoms with Crippen molar-refractivity contribution < 1.29 is 23.0 Å². The number of hydrogen-bond donors (Lipinski definition) is 0. The zero-order valence-corrected chi connectivity index (χ0v) is 14.3. The number of carbonyl (C=O) groups is 1. The number of carbonyl (C=O) groups excluding carboxylic acids is 1. The van der Waals surface area contributed by atoms with Gasteiger partial charge in [0.1, 0.15) is 11.6 Å². The van der Waals surface area contributed by atoms with E-state index in [9.17, 15) is 13.6 Å². The smallest absolute Gasteiger partial charge is 0.257 e. The number of benzene rings is 2. The van der Waals surface area contributed by atoms with Crippen LogP contribution in [0.15, 0.2) is 30.3 Å². The van der Waals surface area contributed by atoms with Crippen LogP contribution in [0.5, 0.6) is 11.5 Å². The van der Waals surface area contributed by atoms with Gasteiger partial charge in [-0.1, -0.05) is 0 Å². The van der Waals surface area contributed by atoms with Crippen LogP contribution in [0.2, 0.25) is 0 Å². The van der Waals surface area contributed by atoms with Gasteiger partial charge in [-0.25, -0.2) is 8.78 Å². The molecule has 3 rings (SSSR count). The Morgan fingerprint density at radius 3 is 2.44 bits per heavy atom. The minimum Gasteiger partial charge on any atom is -0.493 e. The van der Waals surface area contributed by atoms with Crippen molar-refractivity contribution >= 4 is 5.91 Å². The molecular formula is C19H19F2NO3. The Morgan fingerprint density at radius 1 is 1.12 bits per heavy atom. The van der Waals surface area contributed by atoms with E-state index in [4.69, 9.17) is 9.47 Å². The lowest BCUT2D eigenvalue weighted by Gasteiger charge is -2.36. The Hall–Kier alpha value is -2.63. The lowest BCUT2D eigenvalue weighted by atomic mass is 9.92. The van der Waals surface area contributed by atoms with Crippen LogP contribution in [0.25, 0.3) is 0 Å². The van der Waals surface area contributed by atoms with Crippen molar-refractivity contribution in [3.8, 4) is 11.5 Å². The molecule has 0 N–H and O–H groups in total. The van der Waals surface area contributed by atoms with E-state index in [0.29, 0.717) is 24.5 Å². The first kappa shape index (κ1) is 17.2. The highest BCUT2D eigenvalue weighted by atomic mass is 19.1. The number of fused-ring (bicyclic) bond motifs is 1. The van der Waals surface area contributed by atoms with Crippen molar-refractivity contribution in [2.24, 2.45) is 0 Å². The standard InChI is InChI=1S/C19H19F2NO3/c1-11-15-10-18(25-3)17(24-2)8-12(15)6-7-22(11)19(23)14-5-4-13(20)9-16(14)21/h4-5,8-11H,6-7H2,1-3H3/t11-/m0/s1. The second-order valence-electron chi connectivity index (χ2n) is 5.95. The molecule has 2 aromatic carbocycles. The zero-order chi connectivity index (χ0) is 18.1. The molecule has 0 spiro atoms. The summed E-state index contributed by atoms with van der Waals surface area (Å²) in [5, 5.41) is 0. The predicted octanol–water partition coefficient (Wildman–Crippen LogP) is 3.74. The Labute approximate surface area is 145 Å². The van der Waals surface area contributed by atoms with Crippen LogP contribution < -0.4 is 9.47 Å². The van der Waals surface area contributed by atoms with Gasteiger partial charge in [0.25, 0.3) is 5.91 Å². The van der Waals surface area contributed by atoms with Crippen LogP contribution in [0.1, 0.15) is 34.5 Å². The van der Waals surface area contributed by atoms with Gasteiger partial charge in [-0.05, 0) is 48.7 Å². The molecule has 0 aliphatic carbocycles. The number of nitrogens with zero attached hydrogens (tertiary/aromatic N) is 1. The summed E-state index contributed by atoms with van der Waals surface area (Å²) in [7, 11) is 3.12. The summed E-state index contributed by atoms with van der Waals surface area (Å²) in [6.45, 7) is 2.32. The third-order valence-electron chi connectivity index (χ3n) is 4.61. The monoisotopic (exact) mass is 347 g/mol. The maximum Gasteiger partial charge on any atom is 0.257 e. The fourth-order valence-electron chi connectivity index (χ4n) is 3.24. The van der Waals surface area contributed by atoms with Crippen LogP contribution in [-0.4, -0.2) is 31.6 Å². The molecule has 0 saturated carbocycles. The molecule has 0 unspecified atom stereocenters. The van der Waals surface area contributed by atoms with Gasteiger partial charge in [-0.3, -0.25) is 4.79 Å². The topological polar surface area (TPSA) is 38.8 Å². The largest absolute Gasteiger partial charge is 0.493 e. The summed E-state index contributed by atoms with van der Waals surface area (Å²) < 4.78 is 37.7. The summed E-state index contributed by atoms with van der Waals surface area (Å²) in [5.74, 6) is -0.795. The maximum atomic E-state index is 14.0. The summed E-state index contributed by atoms with van der Waals surface area (Å²) in [4.78, 5) is 14.3. The molecule has 132 valence electrons. The van der Waals surface area contributed by atoms with E-state index in [1.54, 1.807) is 19.1 Å². The predicted molar refractivity (Wildman–Crippen MR) is 89.1 cm³/mol. The molecule has 1 heterocycles. The van der Waals surface area contributed by atoms with Gasteiger partial charge in [0.05, 0.1) is 25.8 Å². The molecule has 0 aromatic heterocycles. The lowest BCUT2D eigenvalue weighted by Crippen LogP contribution is -2.39. The molecule has 0 saturated heterocycles. The average Bonchev–Trinajstić information content (AvgIpc) is 2.60. The van der Waals surface area contributed by atoms with E-state index in [1.807, 2.05) is 19.1 Å². The summed E-state index contributed by atoms with van der Waals surface area (Å²) in [5.41, 5.74) is 1.87. The van der Waals surface area contributed by atoms with E-state index in [0.717, 1.165) is 23.3 Å². The fraction of sp³-hybridized carbons (Fsp3) is 0.316. The number of halogens is 2. The van der Waals surface area contributed by atoms with Gasteiger partial charge < -0.3 is 14.4 Å². The first-order valence-electron chi connectivity index (χ1n) is 7.97. The number of amides is 1. The van der Waals surface area contributed by atoms with E-state index in [1.165, 1.54) is 6.07 Å². The quantitative estimate of drug-likeness (QED) is 0.849. The van der Waals surface area contributed by atoms with E-state index in [2.05, 4.69) is 0 Å². The van der Waals surface area contributed by atoms with Crippen molar-refractivity contribution in [1.29, 1.82) is 0 Å². The SMILES string of the molecule is COc1cc2c(cc1OC)[C@H](C)N(C(=O)c1ccc(F)cc1F)CC2. The molecule has 4 nitrogen and oxygen atoms in total. The molecule has 0 fully saturated rings. The van der Waals surface area contributed by atoms with Crippen LogP contribution >= 0.6 is 0 Å². The van der Waals surface area contributed by atoms with Crippen LogP contribution in [0, 0.1) is 11.6 Å². The third kappa shape index (κ3) is 3.04. The minimum absolute atomic E-state index is 0.128. The number of methoxy groups -OCH3 is 2. The molecule has 2 aromatic rings. The second-order valence-corrected chi connectivity index (χ2v) is 5.95. The average molecular weight is 347 g/mol. The highest BCUT2D eigenvalue weighted by Crippen LogP contribution is 2.38. The van der Waals surface area contributed by atoms with Gasteiger partial charge in [0.15, 0.2) is 11.5 Å².